The molecule has 4 N–H and O–H groups in total. The molecule has 0 aliphatic carbocycles. The first-order valence-corrected chi connectivity index (χ1v) is 9.75. The van der Waals surface area contributed by atoms with E-state index in [-0.39, 0.29) is 41.5 Å². The van der Waals surface area contributed by atoms with Gasteiger partial charge in [0.15, 0.2) is 0 Å². The third-order valence-corrected chi connectivity index (χ3v) is 5.31. The monoisotopic (exact) mass is 386 g/mol. The first-order chi connectivity index (χ1) is 12.8. The normalized spacial score (nSPS) is 12.6. The van der Waals surface area contributed by atoms with Gasteiger partial charge in [-0.25, -0.2) is 0 Å². The molecule has 0 radical (unpaired) electrons. The van der Waals surface area contributed by atoms with Crippen LogP contribution in [0.3, 0.4) is 0 Å². The molecule has 0 amide bonds. The molecule has 0 atom stereocenters. The van der Waals surface area contributed by atoms with Gasteiger partial charge in [-0.05, 0) is 57.3 Å². The van der Waals surface area contributed by atoms with Crippen LogP contribution in [0.5, 0.6) is 11.5 Å². The summed E-state index contributed by atoms with van der Waals surface area (Å²) in [5.74, 6) is 0.0480. The predicted molar refractivity (Wildman–Crippen MR) is 113 cm³/mol. The Morgan fingerprint density at radius 1 is 0.679 bits per heavy atom. The van der Waals surface area contributed by atoms with Crippen molar-refractivity contribution in [3.8, 4) is 11.5 Å². The Bertz CT molecular complexity index is 783. The zero-order valence-corrected chi connectivity index (χ0v) is 18.1. The molecule has 2 aromatic rings. The maximum Gasteiger partial charge on any atom is 0.123 e. The number of benzene rings is 2. The lowest BCUT2D eigenvalue weighted by Gasteiger charge is -2.27. The zero-order valence-electron chi connectivity index (χ0n) is 18.1. The van der Waals surface area contributed by atoms with E-state index in [1.54, 1.807) is 12.1 Å². The van der Waals surface area contributed by atoms with E-state index in [1.165, 1.54) is 0 Å². The van der Waals surface area contributed by atoms with E-state index < -0.39 is 0 Å². The Kier molecular flexibility index (Phi) is 6.17. The van der Waals surface area contributed by atoms with Crippen LogP contribution in [0.1, 0.15) is 87.8 Å². The largest absolute Gasteiger partial charge is 0.507 e. The number of aliphatic hydroxyl groups is 2. The number of aromatic hydroxyl groups is 2. The minimum absolute atomic E-state index is 0.126. The second kappa shape index (κ2) is 7.76. The molecular weight excluding hydrogens is 352 g/mol. The van der Waals surface area contributed by atoms with Gasteiger partial charge in [-0.3, -0.25) is 0 Å². The topological polar surface area (TPSA) is 80.9 Å². The second-order valence-corrected chi connectivity index (χ2v) is 9.70. The molecule has 0 aliphatic rings. The fraction of sp³-hybridized carbons (Fsp3) is 0.500. The Labute approximate surface area is 168 Å². The third kappa shape index (κ3) is 4.34. The van der Waals surface area contributed by atoms with Gasteiger partial charge in [0.05, 0.1) is 13.2 Å². The standard InChI is InChI=1S/C24H34O4/c1-14(17-8-15(12-25)10-19(21(17)27)23(2,3)4)18-9-16(13-26)11-20(22(18)28)24(5,6)7/h8-11,14,25-28H,12-13H2,1-7H3. The van der Waals surface area contributed by atoms with E-state index in [4.69, 9.17) is 0 Å². The molecular formula is C24H34O4. The Morgan fingerprint density at radius 3 is 1.25 bits per heavy atom. The summed E-state index contributed by atoms with van der Waals surface area (Å²) in [6.45, 7) is 13.7. The Morgan fingerprint density at radius 2 is 1.00 bits per heavy atom. The molecule has 2 aromatic carbocycles. The smallest absolute Gasteiger partial charge is 0.123 e. The van der Waals surface area contributed by atoms with Gasteiger partial charge in [0, 0.05) is 17.0 Å². The molecule has 28 heavy (non-hydrogen) atoms. The Balaban J connectivity index is 2.75. The molecule has 0 aliphatic heterocycles. The van der Waals surface area contributed by atoms with Crippen LogP contribution in [0.25, 0.3) is 0 Å². The maximum absolute atomic E-state index is 11.0. The molecule has 2 rings (SSSR count). The van der Waals surface area contributed by atoms with Crippen molar-refractivity contribution in [1.82, 2.24) is 0 Å². The van der Waals surface area contributed by atoms with Crippen LogP contribution >= 0.6 is 0 Å². The van der Waals surface area contributed by atoms with Gasteiger partial charge in [-0.1, -0.05) is 48.5 Å². The van der Waals surface area contributed by atoms with Gasteiger partial charge in [-0.15, -0.1) is 0 Å². The summed E-state index contributed by atoms with van der Waals surface area (Å²) in [5.41, 5.74) is 3.68. The SMILES string of the molecule is CC(c1cc(CO)cc(C(C)(C)C)c1O)c1cc(CO)cc(C(C)(C)C)c1O. The number of hydrogen-bond acceptors (Lipinski definition) is 4. The lowest BCUT2D eigenvalue weighted by molar-refractivity contribution is 0.281. The van der Waals surface area contributed by atoms with Crippen LogP contribution in [-0.2, 0) is 24.0 Å². The van der Waals surface area contributed by atoms with E-state index in [0.717, 1.165) is 22.3 Å². The average Bonchev–Trinajstić information content (AvgIpc) is 2.59. The van der Waals surface area contributed by atoms with Crippen LogP contribution in [0, 0.1) is 0 Å². The molecule has 4 nitrogen and oxygen atoms in total. The van der Waals surface area contributed by atoms with Crippen molar-refractivity contribution < 1.29 is 20.4 Å². The first kappa shape index (κ1) is 22.3. The van der Waals surface area contributed by atoms with Crippen molar-refractivity contribution >= 4 is 0 Å². The minimum atomic E-state index is -0.319. The fourth-order valence-electron chi connectivity index (χ4n) is 3.59. The van der Waals surface area contributed by atoms with E-state index in [9.17, 15) is 20.4 Å². The Hall–Kier alpha value is -2.04. The molecule has 0 saturated carbocycles. The second-order valence-electron chi connectivity index (χ2n) is 9.70. The average molecular weight is 387 g/mol. The van der Waals surface area contributed by atoms with Crippen LogP contribution in [0.2, 0.25) is 0 Å². The van der Waals surface area contributed by atoms with Gasteiger partial charge in [0.25, 0.3) is 0 Å². The molecule has 0 saturated heterocycles. The summed E-state index contributed by atoms with van der Waals surface area (Å²) in [4.78, 5) is 0. The summed E-state index contributed by atoms with van der Waals surface area (Å²) < 4.78 is 0. The van der Waals surface area contributed by atoms with E-state index >= 15 is 0 Å². The highest BCUT2D eigenvalue weighted by Crippen LogP contribution is 2.44. The van der Waals surface area contributed by atoms with Crippen LogP contribution in [0.4, 0.5) is 0 Å². The van der Waals surface area contributed by atoms with Crippen LogP contribution in [-0.4, -0.2) is 20.4 Å². The van der Waals surface area contributed by atoms with Crippen molar-refractivity contribution in [2.45, 2.75) is 78.4 Å². The first-order valence-electron chi connectivity index (χ1n) is 9.75. The molecule has 0 fully saturated rings. The van der Waals surface area contributed by atoms with Gasteiger partial charge < -0.3 is 20.4 Å². The molecule has 0 spiro atoms. The van der Waals surface area contributed by atoms with Gasteiger partial charge in [0.2, 0.25) is 0 Å². The minimum Gasteiger partial charge on any atom is -0.507 e. The summed E-state index contributed by atoms with van der Waals surface area (Å²) in [5, 5.41) is 41.5. The molecule has 0 heterocycles. The van der Waals surface area contributed by atoms with Crippen molar-refractivity contribution in [2.75, 3.05) is 0 Å². The summed E-state index contributed by atoms with van der Waals surface area (Å²) in [6.07, 6.45) is 0. The summed E-state index contributed by atoms with van der Waals surface area (Å²) in [6, 6.07) is 7.24. The van der Waals surface area contributed by atoms with Gasteiger partial charge in [-0.2, -0.15) is 0 Å². The molecule has 0 aromatic heterocycles. The number of aliphatic hydroxyl groups excluding tert-OH is 2. The van der Waals surface area contributed by atoms with Crippen molar-refractivity contribution in [3.63, 3.8) is 0 Å². The highest BCUT2D eigenvalue weighted by atomic mass is 16.3. The number of phenolic OH excluding ortho intramolecular Hbond substituents is 2. The molecule has 4 heteroatoms. The highest BCUT2D eigenvalue weighted by molar-refractivity contribution is 5.55. The van der Waals surface area contributed by atoms with Gasteiger partial charge >= 0.3 is 0 Å². The number of hydrogen-bond donors (Lipinski definition) is 4. The van der Waals surface area contributed by atoms with Crippen LogP contribution in [0.15, 0.2) is 24.3 Å². The number of phenols is 2. The quantitative estimate of drug-likeness (QED) is 0.607. The molecule has 0 unspecified atom stereocenters. The van der Waals surface area contributed by atoms with E-state index in [0.29, 0.717) is 11.1 Å². The molecule has 0 bridgehead atoms. The van der Waals surface area contributed by atoms with Gasteiger partial charge in [0.1, 0.15) is 11.5 Å². The summed E-state index contributed by atoms with van der Waals surface area (Å²) in [7, 11) is 0. The lowest BCUT2D eigenvalue weighted by Crippen LogP contribution is -2.15. The van der Waals surface area contributed by atoms with Crippen molar-refractivity contribution in [1.29, 1.82) is 0 Å². The van der Waals surface area contributed by atoms with Crippen molar-refractivity contribution in [3.05, 3.63) is 57.6 Å². The van der Waals surface area contributed by atoms with Crippen molar-refractivity contribution in [2.24, 2.45) is 0 Å². The lowest BCUT2D eigenvalue weighted by atomic mass is 9.78. The van der Waals surface area contributed by atoms with E-state index in [1.807, 2.05) is 60.6 Å². The van der Waals surface area contributed by atoms with Crippen LogP contribution < -0.4 is 0 Å². The third-order valence-electron chi connectivity index (χ3n) is 5.31. The maximum atomic E-state index is 11.0. The molecule has 154 valence electrons. The summed E-state index contributed by atoms with van der Waals surface area (Å²) >= 11 is 0. The predicted octanol–water partition coefficient (Wildman–Crippen LogP) is 4.83. The number of rotatable bonds is 4. The fourth-order valence-corrected chi connectivity index (χ4v) is 3.59. The zero-order chi connectivity index (χ0) is 21.4. The highest BCUT2D eigenvalue weighted by Gasteiger charge is 2.28. The van der Waals surface area contributed by atoms with E-state index in [2.05, 4.69) is 0 Å².